The third kappa shape index (κ3) is 4.86. The number of nitrogens with zero attached hydrogens (tertiary/aromatic N) is 1. The molecule has 1 saturated heterocycles. The summed E-state index contributed by atoms with van der Waals surface area (Å²) in [5, 5.41) is 3.32. The van der Waals surface area contributed by atoms with E-state index in [0.717, 1.165) is 19.6 Å². The van der Waals surface area contributed by atoms with Crippen LogP contribution in [0.25, 0.3) is 0 Å². The van der Waals surface area contributed by atoms with Gasteiger partial charge in [-0.15, -0.1) is 0 Å². The SMILES string of the molecule is CC(CC1COCCN1)N(C)CC(F)F. The van der Waals surface area contributed by atoms with Crippen LogP contribution in [0.2, 0.25) is 0 Å². The van der Waals surface area contributed by atoms with Gasteiger partial charge in [-0.05, 0) is 20.4 Å². The van der Waals surface area contributed by atoms with Crippen molar-refractivity contribution in [2.45, 2.75) is 31.9 Å². The van der Waals surface area contributed by atoms with Gasteiger partial charge in [0, 0.05) is 18.6 Å². The van der Waals surface area contributed by atoms with E-state index < -0.39 is 6.43 Å². The minimum absolute atomic E-state index is 0.151. The fourth-order valence-corrected chi connectivity index (χ4v) is 1.76. The predicted molar refractivity (Wildman–Crippen MR) is 55.3 cm³/mol. The third-order valence-electron chi connectivity index (χ3n) is 2.80. The Morgan fingerprint density at radius 3 is 2.80 bits per heavy atom. The Bertz CT molecular complexity index is 175. The van der Waals surface area contributed by atoms with Crippen LogP contribution in [0.1, 0.15) is 13.3 Å². The molecule has 0 aromatic rings. The second-order valence-corrected chi connectivity index (χ2v) is 4.14. The van der Waals surface area contributed by atoms with E-state index in [4.69, 9.17) is 4.74 Å². The number of rotatable bonds is 5. The Morgan fingerprint density at radius 2 is 2.27 bits per heavy atom. The molecule has 0 aromatic heterocycles. The molecule has 2 atom stereocenters. The van der Waals surface area contributed by atoms with Gasteiger partial charge in [-0.3, -0.25) is 4.90 Å². The molecule has 3 nitrogen and oxygen atoms in total. The fourth-order valence-electron chi connectivity index (χ4n) is 1.76. The fraction of sp³-hybridized carbons (Fsp3) is 1.00. The van der Waals surface area contributed by atoms with Gasteiger partial charge in [0.2, 0.25) is 0 Å². The molecule has 0 saturated carbocycles. The molecule has 0 radical (unpaired) electrons. The first-order chi connectivity index (χ1) is 7.09. The monoisotopic (exact) mass is 222 g/mol. The van der Waals surface area contributed by atoms with Crippen molar-refractivity contribution in [3.63, 3.8) is 0 Å². The highest BCUT2D eigenvalue weighted by Gasteiger charge is 2.20. The largest absolute Gasteiger partial charge is 0.379 e. The van der Waals surface area contributed by atoms with Gasteiger partial charge in [0.25, 0.3) is 6.43 Å². The summed E-state index contributed by atoms with van der Waals surface area (Å²) < 4.78 is 29.6. The van der Waals surface area contributed by atoms with E-state index in [-0.39, 0.29) is 12.6 Å². The average molecular weight is 222 g/mol. The van der Waals surface area contributed by atoms with Crippen LogP contribution in [0.15, 0.2) is 0 Å². The molecule has 5 heteroatoms. The van der Waals surface area contributed by atoms with E-state index in [0.29, 0.717) is 12.6 Å². The topological polar surface area (TPSA) is 24.5 Å². The minimum Gasteiger partial charge on any atom is -0.379 e. The van der Waals surface area contributed by atoms with Gasteiger partial charge in [-0.2, -0.15) is 0 Å². The second-order valence-electron chi connectivity index (χ2n) is 4.14. The first kappa shape index (κ1) is 12.8. The van der Waals surface area contributed by atoms with E-state index in [9.17, 15) is 8.78 Å². The summed E-state index contributed by atoms with van der Waals surface area (Å²) in [6.45, 7) is 4.11. The van der Waals surface area contributed by atoms with Crippen molar-refractivity contribution in [2.75, 3.05) is 33.4 Å². The van der Waals surface area contributed by atoms with Crippen LogP contribution in [0.5, 0.6) is 0 Å². The summed E-state index contributed by atoms with van der Waals surface area (Å²) in [7, 11) is 1.74. The maximum Gasteiger partial charge on any atom is 0.251 e. The first-order valence-corrected chi connectivity index (χ1v) is 5.39. The molecule has 0 spiro atoms. The van der Waals surface area contributed by atoms with E-state index >= 15 is 0 Å². The van der Waals surface area contributed by atoms with Crippen LogP contribution in [-0.4, -0.2) is 56.8 Å². The molecule has 1 N–H and O–H groups in total. The lowest BCUT2D eigenvalue weighted by Gasteiger charge is -2.30. The normalized spacial score (nSPS) is 24.8. The number of morpholine rings is 1. The molecule has 0 amide bonds. The lowest BCUT2D eigenvalue weighted by atomic mass is 10.1. The molecule has 0 aromatic carbocycles. The van der Waals surface area contributed by atoms with Crippen LogP contribution < -0.4 is 5.32 Å². The van der Waals surface area contributed by atoms with Gasteiger partial charge < -0.3 is 10.1 Å². The second kappa shape index (κ2) is 6.35. The van der Waals surface area contributed by atoms with Crippen molar-refractivity contribution in [3.05, 3.63) is 0 Å². The lowest BCUT2D eigenvalue weighted by Crippen LogP contribution is -2.45. The molecule has 0 aliphatic carbocycles. The number of hydrogen-bond acceptors (Lipinski definition) is 3. The van der Waals surface area contributed by atoms with Crippen molar-refractivity contribution < 1.29 is 13.5 Å². The van der Waals surface area contributed by atoms with Crippen LogP contribution in [0.4, 0.5) is 8.78 Å². The molecule has 90 valence electrons. The van der Waals surface area contributed by atoms with Gasteiger partial charge >= 0.3 is 0 Å². The highest BCUT2D eigenvalue weighted by atomic mass is 19.3. The van der Waals surface area contributed by atoms with Crippen molar-refractivity contribution in [1.82, 2.24) is 10.2 Å². The Hall–Kier alpha value is -0.260. The van der Waals surface area contributed by atoms with Gasteiger partial charge in [-0.1, -0.05) is 0 Å². The predicted octanol–water partition coefficient (Wildman–Crippen LogP) is 0.950. The van der Waals surface area contributed by atoms with Gasteiger partial charge in [0.15, 0.2) is 0 Å². The average Bonchev–Trinajstić information content (AvgIpc) is 2.18. The van der Waals surface area contributed by atoms with E-state index in [1.807, 2.05) is 6.92 Å². The molecule has 2 unspecified atom stereocenters. The van der Waals surface area contributed by atoms with Crippen molar-refractivity contribution in [3.8, 4) is 0 Å². The number of alkyl halides is 2. The quantitative estimate of drug-likeness (QED) is 0.749. The molecular formula is C10H20F2N2O. The summed E-state index contributed by atoms with van der Waals surface area (Å²) >= 11 is 0. The van der Waals surface area contributed by atoms with Crippen LogP contribution >= 0.6 is 0 Å². The smallest absolute Gasteiger partial charge is 0.251 e. The standard InChI is InChI=1S/C10H20F2N2O/c1-8(14(2)6-10(11)12)5-9-7-15-4-3-13-9/h8-10,13H,3-7H2,1-2H3. The van der Waals surface area contributed by atoms with Crippen molar-refractivity contribution >= 4 is 0 Å². The molecule has 1 aliphatic rings. The van der Waals surface area contributed by atoms with Gasteiger partial charge in [-0.25, -0.2) is 8.78 Å². The zero-order valence-electron chi connectivity index (χ0n) is 9.38. The highest BCUT2D eigenvalue weighted by molar-refractivity contribution is 4.76. The summed E-state index contributed by atoms with van der Waals surface area (Å²) in [6.07, 6.45) is -1.41. The molecule has 1 heterocycles. The van der Waals surface area contributed by atoms with E-state index in [1.54, 1.807) is 11.9 Å². The molecular weight excluding hydrogens is 202 g/mol. The number of nitrogens with one attached hydrogen (secondary N) is 1. The highest BCUT2D eigenvalue weighted by Crippen LogP contribution is 2.09. The Labute approximate surface area is 89.8 Å². The van der Waals surface area contributed by atoms with Gasteiger partial charge in [0.05, 0.1) is 19.8 Å². The van der Waals surface area contributed by atoms with E-state index in [2.05, 4.69) is 5.32 Å². The lowest BCUT2D eigenvalue weighted by molar-refractivity contribution is 0.0511. The third-order valence-corrected chi connectivity index (χ3v) is 2.80. The minimum atomic E-state index is -2.26. The zero-order valence-corrected chi connectivity index (χ0v) is 9.38. The number of hydrogen-bond donors (Lipinski definition) is 1. The summed E-state index contributed by atoms with van der Waals surface area (Å²) in [5.41, 5.74) is 0. The van der Waals surface area contributed by atoms with E-state index in [1.165, 1.54) is 0 Å². The summed E-state index contributed by atoms with van der Waals surface area (Å²) in [6, 6.07) is 0.451. The summed E-state index contributed by atoms with van der Waals surface area (Å²) in [5.74, 6) is 0. The summed E-state index contributed by atoms with van der Waals surface area (Å²) in [4.78, 5) is 1.70. The molecule has 15 heavy (non-hydrogen) atoms. The molecule has 1 aliphatic heterocycles. The number of ether oxygens (including phenoxy) is 1. The first-order valence-electron chi connectivity index (χ1n) is 5.39. The number of halogens is 2. The van der Waals surface area contributed by atoms with Crippen LogP contribution in [0, 0.1) is 0 Å². The van der Waals surface area contributed by atoms with Crippen molar-refractivity contribution in [1.29, 1.82) is 0 Å². The Kier molecular flexibility index (Phi) is 5.42. The maximum absolute atomic E-state index is 12.1. The molecule has 0 bridgehead atoms. The zero-order chi connectivity index (χ0) is 11.3. The van der Waals surface area contributed by atoms with Crippen LogP contribution in [0.3, 0.4) is 0 Å². The molecule has 1 rings (SSSR count). The maximum atomic E-state index is 12.1. The van der Waals surface area contributed by atoms with Crippen molar-refractivity contribution in [2.24, 2.45) is 0 Å². The Balaban J connectivity index is 2.23. The molecule has 1 fully saturated rings. The van der Waals surface area contributed by atoms with Crippen LogP contribution in [-0.2, 0) is 4.74 Å². The Morgan fingerprint density at radius 1 is 1.53 bits per heavy atom. The van der Waals surface area contributed by atoms with Gasteiger partial charge in [0.1, 0.15) is 0 Å².